The van der Waals surface area contributed by atoms with Crippen molar-refractivity contribution >= 4 is 11.9 Å². The third-order valence-corrected chi connectivity index (χ3v) is 2.84. The molecule has 7 nitrogen and oxygen atoms in total. The Labute approximate surface area is 96.1 Å². The normalized spacial score (nSPS) is 35.9. The Kier molecular flexibility index (Phi) is 3.27. The van der Waals surface area contributed by atoms with Gasteiger partial charge in [0.25, 0.3) is 0 Å². The van der Waals surface area contributed by atoms with Crippen molar-refractivity contribution in [3.8, 4) is 0 Å². The van der Waals surface area contributed by atoms with Crippen LogP contribution in [-0.4, -0.2) is 58.4 Å². The van der Waals surface area contributed by atoms with Gasteiger partial charge in [-0.05, 0) is 0 Å². The molecule has 0 saturated carbocycles. The maximum absolute atomic E-state index is 12.7. The van der Waals surface area contributed by atoms with E-state index in [1.54, 1.807) is 0 Å². The number of hydrogen-bond acceptors (Lipinski definition) is 5. The molecule has 0 aliphatic carbocycles. The molecular formula is C9H13FN2O5. The Morgan fingerprint density at radius 1 is 1.53 bits per heavy atom. The van der Waals surface area contributed by atoms with E-state index in [1.807, 2.05) is 0 Å². The first-order valence-corrected chi connectivity index (χ1v) is 5.25. The zero-order valence-electron chi connectivity index (χ0n) is 8.88. The molecule has 2 rings (SSSR count). The van der Waals surface area contributed by atoms with Gasteiger partial charge in [-0.2, -0.15) is 0 Å². The average Bonchev–Trinajstić information content (AvgIpc) is 2.60. The fourth-order valence-corrected chi connectivity index (χ4v) is 1.97. The second-order valence-corrected chi connectivity index (χ2v) is 4.03. The Morgan fingerprint density at radius 3 is 2.76 bits per heavy atom. The first-order chi connectivity index (χ1) is 7.99. The molecule has 96 valence electrons. The van der Waals surface area contributed by atoms with E-state index < -0.39 is 30.8 Å². The lowest BCUT2D eigenvalue weighted by atomic mass is 10.1. The van der Waals surface area contributed by atoms with E-state index in [0.29, 0.717) is 0 Å². The van der Waals surface area contributed by atoms with Crippen LogP contribution in [0.2, 0.25) is 0 Å². The number of carbonyl (C=O) groups is 2. The quantitative estimate of drug-likeness (QED) is 0.563. The number of imide groups is 1. The highest BCUT2D eigenvalue weighted by Crippen LogP contribution is 2.26. The Morgan fingerprint density at radius 2 is 2.24 bits per heavy atom. The van der Waals surface area contributed by atoms with Crippen LogP contribution in [0.3, 0.4) is 0 Å². The molecular weight excluding hydrogens is 235 g/mol. The summed E-state index contributed by atoms with van der Waals surface area (Å²) in [6.07, 6.45) is -5.52. The van der Waals surface area contributed by atoms with Gasteiger partial charge < -0.3 is 14.9 Å². The van der Waals surface area contributed by atoms with Gasteiger partial charge in [0.1, 0.15) is 12.3 Å². The van der Waals surface area contributed by atoms with Gasteiger partial charge in [-0.25, -0.2) is 9.18 Å². The van der Waals surface area contributed by atoms with Crippen LogP contribution in [0.5, 0.6) is 0 Å². The zero-order chi connectivity index (χ0) is 12.6. The first-order valence-electron chi connectivity index (χ1n) is 5.25. The summed E-state index contributed by atoms with van der Waals surface area (Å²) in [5.41, 5.74) is 0. The monoisotopic (exact) mass is 248 g/mol. The highest BCUT2D eigenvalue weighted by Gasteiger charge is 2.43. The summed E-state index contributed by atoms with van der Waals surface area (Å²) in [7, 11) is 0. The molecule has 4 atom stereocenters. The molecule has 8 heteroatoms. The van der Waals surface area contributed by atoms with Gasteiger partial charge >= 0.3 is 6.03 Å². The van der Waals surface area contributed by atoms with Crippen LogP contribution in [0.1, 0.15) is 12.8 Å². The summed E-state index contributed by atoms with van der Waals surface area (Å²) in [4.78, 5) is 23.6. The van der Waals surface area contributed by atoms with E-state index in [0.717, 1.165) is 0 Å². The number of aliphatic hydroxyl groups is 2. The van der Waals surface area contributed by atoms with E-state index in [4.69, 9.17) is 9.84 Å². The highest BCUT2D eigenvalue weighted by molar-refractivity contribution is 5.96. The third kappa shape index (κ3) is 2.38. The third-order valence-electron chi connectivity index (χ3n) is 2.84. The molecule has 0 spiro atoms. The van der Waals surface area contributed by atoms with Gasteiger partial charge in [0.15, 0.2) is 0 Å². The molecule has 3 N–H and O–H groups in total. The molecule has 2 aliphatic heterocycles. The highest BCUT2D eigenvalue weighted by atomic mass is 19.1. The average molecular weight is 248 g/mol. The van der Waals surface area contributed by atoms with E-state index >= 15 is 0 Å². The van der Waals surface area contributed by atoms with Gasteiger partial charge in [-0.3, -0.25) is 15.0 Å². The van der Waals surface area contributed by atoms with Gasteiger partial charge in [0, 0.05) is 19.4 Å². The molecule has 0 aromatic rings. The van der Waals surface area contributed by atoms with Crippen LogP contribution in [0, 0.1) is 0 Å². The number of ether oxygens (including phenoxy) is 1. The fraction of sp³-hybridized carbons (Fsp3) is 0.778. The van der Waals surface area contributed by atoms with E-state index in [9.17, 15) is 19.1 Å². The minimum absolute atomic E-state index is 0.00720. The van der Waals surface area contributed by atoms with Crippen molar-refractivity contribution in [3.05, 3.63) is 0 Å². The van der Waals surface area contributed by atoms with Crippen molar-refractivity contribution in [3.63, 3.8) is 0 Å². The lowest BCUT2D eigenvalue weighted by molar-refractivity contribution is -0.141. The smallest absolute Gasteiger partial charge is 0.326 e. The molecule has 2 fully saturated rings. The van der Waals surface area contributed by atoms with E-state index in [2.05, 4.69) is 5.32 Å². The molecule has 0 unspecified atom stereocenters. The molecule has 0 radical (unpaired) electrons. The van der Waals surface area contributed by atoms with Gasteiger partial charge in [0.2, 0.25) is 12.3 Å². The summed E-state index contributed by atoms with van der Waals surface area (Å²) in [6, 6.07) is -0.632. The predicted octanol–water partition coefficient (Wildman–Crippen LogP) is -1.31. The number of nitrogens with one attached hydrogen (secondary N) is 1. The summed E-state index contributed by atoms with van der Waals surface area (Å²) in [5, 5.41) is 20.3. The number of amides is 3. The van der Waals surface area contributed by atoms with Crippen molar-refractivity contribution in [2.75, 3.05) is 6.54 Å². The van der Waals surface area contributed by atoms with Crippen LogP contribution in [-0.2, 0) is 9.53 Å². The number of urea groups is 1. The van der Waals surface area contributed by atoms with E-state index in [1.165, 1.54) is 4.90 Å². The van der Waals surface area contributed by atoms with Gasteiger partial charge in [-0.15, -0.1) is 0 Å². The predicted molar refractivity (Wildman–Crippen MR) is 51.3 cm³/mol. The molecule has 2 saturated heterocycles. The minimum Gasteiger partial charge on any atom is -0.390 e. The maximum atomic E-state index is 12.7. The molecule has 3 amide bonds. The molecule has 0 bridgehead atoms. The lowest BCUT2D eigenvalue weighted by Crippen LogP contribution is -2.53. The van der Waals surface area contributed by atoms with Crippen molar-refractivity contribution in [2.24, 2.45) is 0 Å². The Balaban J connectivity index is 2.00. The molecule has 2 heterocycles. The number of alkyl halides is 1. The Bertz CT molecular complexity index is 337. The lowest BCUT2D eigenvalue weighted by Gasteiger charge is -2.31. The van der Waals surface area contributed by atoms with Crippen molar-refractivity contribution in [1.29, 1.82) is 0 Å². The zero-order valence-corrected chi connectivity index (χ0v) is 8.88. The number of nitrogens with zero attached hydrogens (tertiary/aromatic N) is 1. The summed E-state index contributed by atoms with van der Waals surface area (Å²) >= 11 is 0. The second kappa shape index (κ2) is 4.55. The number of hydrogen-bond donors (Lipinski definition) is 3. The first kappa shape index (κ1) is 12.2. The summed E-state index contributed by atoms with van der Waals surface area (Å²) in [5.74, 6) is -0.383. The maximum Gasteiger partial charge on any atom is 0.326 e. The number of carbonyl (C=O) groups excluding carboxylic acids is 2. The molecule has 0 aromatic heterocycles. The minimum atomic E-state index is -2.30. The largest absolute Gasteiger partial charge is 0.390 e. The SMILES string of the molecule is O=C1CCN([C@H]2C[C@H](O)[C@@H]([C@@H](O)F)O2)C(=O)N1. The second-order valence-electron chi connectivity index (χ2n) is 4.03. The molecule has 2 aliphatic rings. The van der Waals surface area contributed by atoms with Crippen LogP contribution in [0.15, 0.2) is 0 Å². The molecule has 0 aromatic carbocycles. The molecule has 17 heavy (non-hydrogen) atoms. The van der Waals surface area contributed by atoms with Crippen molar-refractivity contribution in [1.82, 2.24) is 10.2 Å². The van der Waals surface area contributed by atoms with Crippen LogP contribution in [0.25, 0.3) is 0 Å². The Hall–Kier alpha value is -1.25. The number of aliphatic hydroxyl groups excluding tert-OH is 2. The fourth-order valence-electron chi connectivity index (χ4n) is 1.97. The standard InChI is InChI=1S/C9H13FN2O5/c10-8(15)7-4(13)3-6(17-7)12-2-1-5(14)11-9(12)16/h4,6-8,13,15H,1-3H2,(H,11,14,16)/t4-,6+,7-,8+/m0/s1. The summed E-state index contributed by atoms with van der Waals surface area (Å²) < 4.78 is 17.7. The van der Waals surface area contributed by atoms with Crippen LogP contribution < -0.4 is 5.32 Å². The number of halogens is 1. The van der Waals surface area contributed by atoms with Gasteiger partial charge in [0.05, 0.1) is 6.10 Å². The van der Waals surface area contributed by atoms with Crippen molar-refractivity contribution in [2.45, 2.75) is 37.6 Å². The summed E-state index contributed by atoms with van der Waals surface area (Å²) in [6.45, 7) is 0.150. The van der Waals surface area contributed by atoms with Gasteiger partial charge in [-0.1, -0.05) is 0 Å². The number of rotatable bonds is 2. The topological polar surface area (TPSA) is 99.1 Å². The van der Waals surface area contributed by atoms with E-state index in [-0.39, 0.29) is 25.3 Å². The van der Waals surface area contributed by atoms with Crippen LogP contribution >= 0.6 is 0 Å². The van der Waals surface area contributed by atoms with Crippen LogP contribution in [0.4, 0.5) is 9.18 Å². The van der Waals surface area contributed by atoms with Crippen molar-refractivity contribution < 1.29 is 28.9 Å².